The van der Waals surface area contributed by atoms with E-state index in [1.165, 1.54) is 16.5 Å². The number of aromatic nitrogens is 1. The van der Waals surface area contributed by atoms with Crippen LogP contribution in [-0.2, 0) is 7.05 Å². The Bertz CT molecular complexity index is 447. The fraction of sp³-hybridized carbons (Fsp3) is 0.273. The van der Waals surface area contributed by atoms with Gasteiger partial charge >= 0.3 is 0 Å². The number of hydrogen-bond donors (Lipinski definition) is 2. The molecule has 0 spiro atoms. The molecule has 2 nitrogen and oxygen atoms in total. The van der Waals surface area contributed by atoms with E-state index in [0.29, 0.717) is 0 Å². The molecule has 14 heavy (non-hydrogen) atoms. The van der Waals surface area contributed by atoms with E-state index in [4.69, 9.17) is 0 Å². The van der Waals surface area contributed by atoms with Gasteiger partial charge in [-0.25, -0.2) is 0 Å². The number of para-hydroxylation sites is 1. The fourth-order valence-corrected chi connectivity index (χ4v) is 1.95. The van der Waals surface area contributed by atoms with Gasteiger partial charge in [0.2, 0.25) is 0 Å². The summed E-state index contributed by atoms with van der Waals surface area (Å²) in [7, 11) is 3.97. The fourth-order valence-electron chi connectivity index (χ4n) is 1.75. The third-order valence-corrected chi connectivity index (χ3v) is 3.03. The molecule has 0 fully saturated rings. The number of benzene rings is 1. The summed E-state index contributed by atoms with van der Waals surface area (Å²) in [5.41, 5.74) is 2.48. The predicted octanol–water partition coefficient (Wildman–Crippen LogP) is 2.33. The first-order valence-corrected chi connectivity index (χ1v) is 5.15. The molecule has 2 aromatic rings. The van der Waals surface area contributed by atoms with Crippen molar-refractivity contribution in [1.29, 1.82) is 0 Å². The first-order chi connectivity index (χ1) is 6.74. The summed E-state index contributed by atoms with van der Waals surface area (Å²) >= 11 is 4.48. The Morgan fingerprint density at radius 2 is 2.07 bits per heavy atom. The molecule has 0 aliphatic carbocycles. The molecule has 0 amide bonds. The molecule has 1 aromatic heterocycles. The van der Waals surface area contributed by atoms with E-state index >= 15 is 0 Å². The second-order valence-corrected chi connectivity index (χ2v) is 3.92. The quantitative estimate of drug-likeness (QED) is 0.569. The van der Waals surface area contributed by atoms with Crippen molar-refractivity contribution >= 4 is 23.5 Å². The van der Waals surface area contributed by atoms with E-state index in [0.717, 1.165) is 0 Å². The topological polar surface area (TPSA) is 17.0 Å². The van der Waals surface area contributed by atoms with Gasteiger partial charge in [-0.05, 0) is 13.1 Å². The molecule has 0 bridgehead atoms. The van der Waals surface area contributed by atoms with Crippen LogP contribution in [-0.4, -0.2) is 11.6 Å². The lowest BCUT2D eigenvalue weighted by molar-refractivity contribution is 0.799. The van der Waals surface area contributed by atoms with Crippen LogP contribution in [0.1, 0.15) is 10.9 Å². The van der Waals surface area contributed by atoms with Gasteiger partial charge in [-0.15, -0.1) is 0 Å². The summed E-state index contributed by atoms with van der Waals surface area (Å²) in [5.74, 6) is 0. The molecule has 0 aliphatic heterocycles. The van der Waals surface area contributed by atoms with E-state index in [1.54, 1.807) is 0 Å². The van der Waals surface area contributed by atoms with E-state index in [1.807, 2.05) is 7.05 Å². The van der Waals surface area contributed by atoms with Gasteiger partial charge in [-0.2, -0.15) is 12.6 Å². The largest absolute Gasteiger partial charge is 0.350 e. The summed E-state index contributed by atoms with van der Waals surface area (Å²) in [6.45, 7) is 0. The molecule has 3 heteroatoms. The molecule has 0 saturated heterocycles. The van der Waals surface area contributed by atoms with Crippen molar-refractivity contribution in [3.05, 3.63) is 36.0 Å². The highest BCUT2D eigenvalue weighted by Gasteiger charge is 2.10. The highest BCUT2D eigenvalue weighted by Crippen LogP contribution is 2.27. The Labute approximate surface area is 89.3 Å². The number of aryl methyl sites for hydroxylation is 1. The lowest BCUT2D eigenvalue weighted by Crippen LogP contribution is -2.09. The predicted molar refractivity (Wildman–Crippen MR) is 63.7 cm³/mol. The zero-order chi connectivity index (χ0) is 10.1. The smallest absolute Gasteiger partial charge is 0.0778 e. The molecular weight excluding hydrogens is 192 g/mol. The van der Waals surface area contributed by atoms with Crippen molar-refractivity contribution < 1.29 is 0 Å². The Kier molecular flexibility index (Phi) is 2.52. The van der Waals surface area contributed by atoms with Crippen LogP contribution < -0.4 is 5.32 Å². The van der Waals surface area contributed by atoms with Crippen LogP contribution in [0.2, 0.25) is 0 Å². The standard InChI is InChI=1S/C11H14N2S/c1-12-11(14)9-7-13(2)10-6-4-3-5-8(9)10/h3-7,11-12,14H,1-2H3. The third-order valence-electron chi connectivity index (χ3n) is 2.50. The number of hydrogen-bond acceptors (Lipinski definition) is 2. The minimum atomic E-state index is 0.0982. The second-order valence-electron chi connectivity index (χ2n) is 3.40. The van der Waals surface area contributed by atoms with Crippen LogP contribution in [0.4, 0.5) is 0 Å². The first kappa shape index (κ1) is 9.62. The number of nitrogens with one attached hydrogen (secondary N) is 1. The van der Waals surface area contributed by atoms with Crippen LogP contribution in [0, 0.1) is 0 Å². The zero-order valence-electron chi connectivity index (χ0n) is 8.36. The Hall–Kier alpha value is -0.930. The molecule has 0 aliphatic rings. The third kappa shape index (κ3) is 1.42. The Morgan fingerprint density at radius 1 is 1.36 bits per heavy atom. The molecule has 1 atom stereocenters. The molecule has 74 valence electrons. The maximum atomic E-state index is 4.48. The normalized spacial score (nSPS) is 13.4. The van der Waals surface area contributed by atoms with Crippen molar-refractivity contribution in [3.63, 3.8) is 0 Å². The molecule has 1 heterocycles. The van der Waals surface area contributed by atoms with E-state index in [9.17, 15) is 0 Å². The minimum absolute atomic E-state index is 0.0982. The average molecular weight is 206 g/mol. The SMILES string of the molecule is CNC(S)c1cn(C)c2ccccc12. The Balaban J connectivity index is 2.66. The van der Waals surface area contributed by atoms with Crippen molar-refractivity contribution in [3.8, 4) is 0 Å². The van der Waals surface area contributed by atoms with Crippen molar-refractivity contribution in [2.75, 3.05) is 7.05 Å². The summed E-state index contributed by atoms with van der Waals surface area (Å²) in [4.78, 5) is 0. The van der Waals surface area contributed by atoms with Gasteiger partial charge in [-0.3, -0.25) is 0 Å². The molecule has 0 saturated carbocycles. The Morgan fingerprint density at radius 3 is 2.79 bits per heavy atom. The maximum Gasteiger partial charge on any atom is 0.0778 e. The molecule has 1 unspecified atom stereocenters. The van der Waals surface area contributed by atoms with Gasteiger partial charge in [0.25, 0.3) is 0 Å². The minimum Gasteiger partial charge on any atom is -0.350 e. The van der Waals surface area contributed by atoms with Gasteiger partial charge < -0.3 is 9.88 Å². The number of rotatable bonds is 2. The average Bonchev–Trinajstić information content (AvgIpc) is 2.56. The lowest BCUT2D eigenvalue weighted by atomic mass is 10.2. The highest BCUT2D eigenvalue weighted by atomic mass is 32.1. The number of nitrogens with zero attached hydrogens (tertiary/aromatic N) is 1. The van der Waals surface area contributed by atoms with Crippen LogP contribution in [0.15, 0.2) is 30.5 Å². The molecular formula is C11H14N2S. The van der Waals surface area contributed by atoms with Crippen molar-refractivity contribution in [2.24, 2.45) is 7.05 Å². The molecule has 2 rings (SSSR count). The summed E-state index contributed by atoms with van der Waals surface area (Å²) in [6.07, 6.45) is 2.12. The van der Waals surface area contributed by atoms with Crippen LogP contribution in [0.25, 0.3) is 10.9 Å². The van der Waals surface area contributed by atoms with Crippen molar-refractivity contribution in [1.82, 2.24) is 9.88 Å². The van der Waals surface area contributed by atoms with E-state index < -0.39 is 0 Å². The van der Waals surface area contributed by atoms with Crippen LogP contribution >= 0.6 is 12.6 Å². The van der Waals surface area contributed by atoms with Crippen LogP contribution in [0.5, 0.6) is 0 Å². The van der Waals surface area contributed by atoms with Gasteiger partial charge in [0.05, 0.1) is 5.37 Å². The molecule has 1 aromatic carbocycles. The summed E-state index contributed by atoms with van der Waals surface area (Å²) < 4.78 is 2.13. The van der Waals surface area contributed by atoms with Gasteiger partial charge in [-0.1, -0.05) is 18.2 Å². The van der Waals surface area contributed by atoms with E-state index in [-0.39, 0.29) is 5.37 Å². The summed E-state index contributed by atoms with van der Waals surface area (Å²) in [5, 5.41) is 4.50. The van der Waals surface area contributed by atoms with Gasteiger partial charge in [0.15, 0.2) is 0 Å². The van der Waals surface area contributed by atoms with E-state index in [2.05, 4.69) is 60.0 Å². The molecule has 1 N–H and O–H groups in total. The number of thiol groups is 1. The maximum absolute atomic E-state index is 4.48. The second kappa shape index (κ2) is 3.67. The van der Waals surface area contributed by atoms with Gasteiger partial charge in [0, 0.05) is 29.7 Å². The van der Waals surface area contributed by atoms with Gasteiger partial charge in [0.1, 0.15) is 0 Å². The van der Waals surface area contributed by atoms with Crippen LogP contribution in [0.3, 0.4) is 0 Å². The molecule has 0 radical (unpaired) electrons. The number of fused-ring (bicyclic) bond motifs is 1. The highest BCUT2D eigenvalue weighted by molar-refractivity contribution is 7.80. The zero-order valence-corrected chi connectivity index (χ0v) is 9.25. The lowest BCUT2D eigenvalue weighted by Gasteiger charge is -2.06. The monoisotopic (exact) mass is 206 g/mol. The van der Waals surface area contributed by atoms with Crippen molar-refractivity contribution in [2.45, 2.75) is 5.37 Å². The summed E-state index contributed by atoms with van der Waals surface area (Å²) in [6, 6.07) is 8.36. The first-order valence-electron chi connectivity index (χ1n) is 4.63.